The van der Waals surface area contributed by atoms with Crippen molar-refractivity contribution in [1.82, 2.24) is 5.32 Å². The average Bonchev–Trinajstić information content (AvgIpc) is 2.70. The summed E-state index contributed by atoms with van der Waals surface area (Å²) >= 11 is 0. The van der Waals surface area contributed by atoms with Crippen LogP contribution in [-0.4, -0.2) is 11.1 Å². The van der Waals surface area contributed by atoms with Crippen LogP contribution in [0.5, 0.6) is 5.75 Å². The fraction of sp³-hybridized carbons (Fsp3) is 0.647. The first-order chi connectivity index (χ1) is 8.95. The molecule has 1 aromatic rings. The molecule has 0 radical (unpaired) electrons. The van der Waals surface area contributed by atoms with Crippen LogP contribution in [0.2, 0.25) is 0 Å². The molecule has 0 aromatic heterocycles. The van der Waals surface area contributed by atoms with Gasteiger partial charge in [0.1, 0.15) is 5.75 Å². The van der Waals surface area contributed by atoms with Crippen molar-refractivity contribution in [1.29, 1.82) is 0 Å². The van der Waals surface area contributed by atoms with Crippen LogP contribution in [0.4, 0.5) is 0 Å². The summed E-state index contributed by atoms with van der Waals surface area (Å²) in [6.07, 6.45) is 4.01. The van der Waals surface area contributed by atoms with Gasteiger partial charge in [0, 0.05) is 18.2 Å². The van der Waals surface area contributed by atoms with Crippen LogP contribution in [0.15, 0.2) is 24.3 Å². The first-order valence-electron chi connectivity index (χ1n) is 7.45. The first kappa shape index (κ1) is 15.7. The summed E-state index contributed by atoms with van der Waals surface area (Å²) < 4.78 is 0. The van der Waals surface area contributed by atoms with E-state index in [0.717, 1.165) is 18.0 Å². The number of phenols is 1. The van der Waals surface area contributed by atoms with Crippen molar-refractivity contribution >= 4 is 12.4 Å². The van der Waals surface area contributed by atoms with Crippen LogP contribution in [0, 0.1) is 16.7 Å². The Morgan fingerprint density at radius 2 is 1.95 bits per heavy atom. The smallest absolute Gasteiger partial charge is 0.120 e. The van der Waals surface area contributed by atoms with E-state index in [4.69, 9.17) is 0 Å². The molecular formula is C17H26ClNO. The lowest BCUT2D eigenvalue weighted by atomic mass is 9.69. The number of halogens is 1. The molecule has 2 fully saturated rings. The second-order valence-electron chi connectivity index (χ2n) is 7.17. The highest BCUT2D eigenvalue weighted by atomic mass is 35.5. The van der Waals surface area contributed by atoms with E-state index in [-0.39, 0.29) is 12.4 Å². The summed E-state index contributed by atoms with van der Waals surface area (Å²) in [4.78, 5) is 0. The SMILES string of the molecule is CC1(C)C2CCC1(C)C(NCc1ccccc1O)C2.Cl. The highest BCUT2D eigenvalue weighted by molar-refractivity contribution is 5.85. The largest absolute Gasteiger partial charge is 0.508 e. The van der Waals surface area contributed by atoms with E-state index in [9.17, 15) is 5.11 Å². The minimum atomic E-state index is 0. The van der Waals surface area contributed by atoms with Crippen LogP contribution in [0.25, 0.3) is 0 Å². The second-order valence-corrected chi connectivity index (χ2v) is 7.17. The molecule has 0 amide bonds. The molecule has 2 bridgehead atoms. The number of para-hydroxylation sites is 1. The molecule has 2 aliphatic rings. The zero-order chi connectivity index (χ0) is 13.7. The zero-order valence-corrected chi connectivity index (χ0v) is 13.5. The summed E-state index contributed by atoms with van der Waals surface area (Å²) in [7, 11) is 0. The molecule has 2 aliphatic carbocycles. The van der Waals surface area contributed by atoms with Gasteiger partial charge in [-0.05, 0) is 42.1 Å². The summed E-state index contributed by atoms with van der Waals surface area (Å²) in [5, 5.41) is 13.5. The van der Waals surface area contributed by atoms with Crippen molar-refractivity contribution in [2.45, 2.75) is 52.6 Å². The average molecular weight is 296 g/mol. The number of hydrogen-bond acceptors (Lipinski definition) is 2. The van der Waals surface area contributed by atoms with E-state index in [1.807, 2.05) is 18.2 Å². The van der Waals surface area contributed by atoms with Crippen molar-refractivity contribution in [3.63, 3.8) is 0 Å². The van der Waals surface area contributed by atoms with Crippen molar-refractivity contribution in [2.75, 3.05) is 0 Å². The van der Waals surface area contributed by atoms with Gasteiger partial charge in [-0.25, -0.2) is 0 Å². The van der Waals surface area contributed by atoms with Gasteiger partial charge in [0.2, 0.25) is 0 Å². The van der Waals surface area contributed by atoms with Gasteiger partial charge in [0.15, 0.2) is 0 Å². The molecular weight excluding hydrogens is 270 g/mol. The third-order valence-corrected chi connectivity index (χ3v) is 6.32. The second kappa shape index (κ2) is 5.23. The van der Waals surface area contributed by atoms with Gasteiger partial charge in [-0.15, -0.1) is 12.4 Å². The number of hydrogen-bond donors (Lipinski definition) is 2. The molecule has 0 spiro atoms. The molecule has 2 N–H and O–H groups in total. The van der Waals surface area contributed by atoms with Crippen LogP contribution in [0.3, 0.4) is 0 Å². The molecule has 3 heteroatoms. The van der Waals surface area contributed by atoms with Gasteiger partial charge >= 0.3 is 0 Å². The van der Waals surface area contributed by atoms with E-state index < -0.39 is 0 Å². The van der Waals surface area contributed by atoms with Gasteiger partial charge in [-0.1, -0.05) is 39.0 Å². The van der Waals surface area contributed by atoms with Crippen LogP contribution in [0.1, 0.15) is 45.6 Å². The molecule has 20 heavy (non-hydrogen) atoms. The summed E-state index contributed by atoms with van der Waals surface area (Å²) in [5.74, 6) is 1.27. The van der Waals surface area contributed by atoms with Gasteiger partial charge < -0.3 is 10.4 Å². The maximum absolute atomic E-state index is 9.84. The summed E-state index contributed by atoms with van der Waals surface area (Å²) in [6.45, 7) is 8.09. The Bertz CT molecular complexity index is 488. The Morgan fingerprint density at radius 1 is 1.25 bits per heavy atom. The van der Waals surface area contributed by atoms with Crippen molar-refractivity contribution in [3.8, 4) is 5.75 Å². The van der Waals surface area contributed by atoms with E-state index in [1.54, 1.807) is 6.07 Å². The number of aromatic hydroxyl groups is 1. The third-order valence-electron chi connectivity index (χ3n) is 6.32. The normalized spacial score (nSPS) is 34.0. The highest BCUT2D eigenvalue weighted by Crippen LogP contribution is 2.65. The summed E-state index contributed by atoms with van der Waals surface area (Å²) in [6, 6.07) is 8.22. The van der Waals surface area contributed by atoms with Crippen molar-refractivity contribution in [2.24, 2.45) is 16.7 Å². The van der Waals surface area contributed by atoms with Crippen LogP contribution < -0.4 is 5.32 Å². The Balaban J connectivity index is 0.00000147. The summed E-state index contributed by atoms with van der Waals surface area (Å²) in [5.41, 5.74) is 1.86. The van der Waals surface area contributed by atoms with Gasteiger partial charge in [-0.2, -0.15) is 0 Å². The van der Waals surface area contributed by atoms with Crippen molar-refractivity contribution < 1.29 is 5.11 Å². The van der Waals surface area contributed by atoms with Gasteiger partial charge in [0.25, 0.3) is 0 Å². The Labute approximate surface area is 128 Å². The highest BCUT2D eigenvalue weighted by Gasteiger charge is 2.60. The lowest BCUT2D eigenvalue weighted by Crippen LogP contribution is -2.44. The topological polar surface area (TPSA) is 32.3 Å². The number of phenolic OH excluding ortho intramolecular Hbond substituents is 1. The predicted molar refractivity (Wildman–Crippen MR) is 85.2 cm³/mol. The van der Waals surface area contributed by atoms with Gasteiger partial charge in [-0.3, -0.25) is 0 Å². The minimum absolute atomic E-state index is 0. The molecule has 2 nitrogen and oxygen atoms in total. The Morgan fingerprint density at radius 3 is 2.50 bits per heavy atom. The molecule has 0 saturated heterocycles. The Hall–Kier alpha value is -0.730. The molecule has 3 atom stereocenters. The van der Waals surface area contributed by atoms with E-state index >= 15 is 0 Å². The molecule has 1 aromatic carbocycles. The number of benzene rings is 1. The quantitative estimate of drug-likeness (QED) is 0.879. The maximum Gasteiger partial charge on any atom is 0.120 e. The number of nitrogens with one attached hydrogen (secondary N) is 1. The fourth-order valence-electron chi connectivity index (χ4n) is 4.41. The Kier molecular flexibility index (Phi) is 4.10. The van der Waals surface area contributed by atoms with E-state index in [2.05, 4.69) is 26.1 Å². The molecule has 3 rings (SSSR count). The molecule has 3 unspecified atom stereocenters. The lowest BCUT2D eigenvalue weighted by Gasteiger charge is -2.39. The predicted octanol–water partition coefficient (Wildman–Crippen LogP) is 4.12. The minimum Gasteiger partial charge on any atom is -0.508 e. The standard InChI is InChI=1S/C17H25NO.ClH/c1-16(2)13-8-9-17(16,3)15(10-13)18-11-12-6-4-5-7-14(12)19;/h4-7,13,15,18-19H,8-11H2,1-3H3;1H. The lowest BCUT2D eigenvalue weighted by molar-refractivity contribution is 0.120. The van der Waals surface area contributed by atoms with Crippen molar-refractivity contribution in [3.05, 3.63) is 29.8 Å². The van der Waals surface area contributed by atoms with E-state index in [0.29, 0.717) is 22.6 Å². The molecule has 2 saturated carbocycles. The zero-order valence-electron chi connectivity index (χ0n) is 12.6. The fourth-order valence-corrected chi connectivity index (χ4v) is 4.41. The third kappa shape index (κ3) is 2.14. The molecule has 112 valence electrons. The van der Waals surface area contributed by atoms with Crippen LogP contribution in [-0.2, 0) is 6.54 Å². The monoisotopic (exact) mass is 295 g/mol. The number of rotatable bonds is 3. The number of fused-ring (bicyclic) bond motifs is 2. The maximum atomic E-state index is 9.84. The first-order valence-corrected chi connectivity index (χ1v) is 7.45. The molecule has 0 aliphatic heterocycles. The van der Waals surface area contributed by atoms with E-state index in [1.165, 1.54) is 19.3 Å². The van der Waals surface area contributed by atoms with Crippen LogP contribution >= 0.6 is 12.4 Å². The van der Waals surface area contributed by atoms with Gasteiger partial charge in [0.05, 0.1) is 0 Å². The molecule has 0 heterocycles.